The van der Waals surface area contributed by atoms with Crippen LogP contribution in [0.5, 0.6) is 5.75 Å². The predicted octanol–water partition coefficient (Wildman–Crippen LogP) is 3.81. The van der Waals surface area contributed by atoms with Crippen molar-refractivity contribution in [1.29, 1.82) is 0 Å². The third kappa shape index (κ3) is 3.35. The molecule has 1 saturated heterocycles. The van der Waals surface area contributed by atoms with Crippen LogP contribution in [0.15, 0.2) is 41.1 Å². The van der Waals surface area contributed by atoms with Crippen LogP contribution < -0.4 is 4.74 Å². The summed E-state index contributed by atoms with van der Waals surface area (Å²) in [6.07, 6.45) is 6.61. The van der Waals surface area contributed by atoms with Crippen molar-refractivity contribution in [2.75, 3.05) is 6.61 Å². The van der Waals surface area contributed by atoms with Crippen LogP contribution in [-0.2, 0) is 4.74 Å². The molecule has 0 amide bonds. The van der Waals surface area contributed by atoms with E-state index in [1.165, 1.54) is 0 Å². The second kappa shape index (κ2) is 6.33. The monoisotopic (exact) mass is 334 g/mol. The number of hydrogen-bond donors (Lipinski definition) is 0. The lowest BCUT2D eigenvalue weighted by atomic mass is 10.2. The molecule has 1 aromatic heterocycles. The number of nitrogens with zero attached hydrogens (tertiary/aromatic N) is 2. The number of rotatable bonds is 3. The molecule has 1 atom stereocenters. The minimum absolute atomic E-state index is 0.112. The average Bonchev–Trinajstić information content (AvgIpc) is 2.50. The van der Waals surface area contributed by atoms with Crippen LogP contribution in [0.25, 0.3) is 11.4 Å². The standard InChI is InChI=1S/C15H15BrN2O2/c16-12-9-17-15(18-10-12)11-4-6-13(7-5-11)20-14-3-1-2-8-19-14/h4-7,9-10,14H,1-3,8H2. The van der Waals surface area contributed by atoms with Gasteiger partial charge in [-0.3, -0.25) is 0 Å². The van der Waals surface area contributed by atoms with E-state index in [-0.39, 0.29) is 6.29 Å². The molecule has 0 bridgehead atoms. The highest BCUT2D eigenvalue weighted by molar-refractivity contribution is 9.10. The number of ether oxygens (including phenoxy) is 2. The summed E-state index contributed by atoms with van der Waals surface area (Å²) in [4.78, 5) is 8.54. The molecule has 2 aromatic rings. The Kier molecular flexibility index (Phi) is 4.28. The number of hydrogen-bond acceptors (Lipinski definition) is 4. The number of halogens is 1. The number of benzene rings is 1. The normalized spacial score (nSPS) is 18.8. The lowest BCUT2D eigenvalue weighted by Gasteiger charge is -2.23. The van der Waals surface area contributed by atoms with E-state index in [0.29, 0.717) is 5.82 Å². The Bertz CT molecular complexity index is 551. The first-order valence-corrected chi connectivity index (χ1v) is 7.47. The van der Waals surface area contributed by atoms with Gasteiger partial charge in [0, 0.05) is 24.4 Å². The van der Waals surface area contributed by atoms with Crippen molar-refractivity contribution >= 4 is 15.9 Å². The van der Waals surface area contributed by atoms with E-state index < -0.39 is 0 Å². The maximum Gasteiger partial charge on any atom is 0.199 e. The Morgan fingerprint density at radius 3 is 2.50 bits per heavy atom. The van der Waals surface area contributed by atoms with Crippen LogP contribution in [0.2, 0.25) is 0 Å². The van der Waals surface area contributed by atoms with Crippen molar-refractivity contribution in [2.45, 2.75) is 25.6 Å². The molecular weight excluding hydrogens is 320 g/mol. The Morgan fingerprint density at radius 1 is 1.10 bits per heavy atom. The van der Waals surface area contributed by atoms with E-state index in [4.69, 9.17) is 9.47 Å². The molecule has 5 heteroatoms. The van der Waals surface area contributed by atoms with Crippen molar-refractivity contribution in [2.24, 2.45) is 0 Å². The predicted molar refractivity (Wildman–Crippen MR) is 79.4 cm³/mol. The molecule has 0 N–H and O–H groups in total. The van der Waals surface area contributed by atoms with E-state index >= 15 is 0 Å². The smallest absolute Gasteiger partial charge is 0.199 e. The minimum Gasteiger partial charge on any atom is -0.465 e. The van der Waals surface area contributed by atoms with Gasteiger partial charge in [-0.1, -0.05) is 0 Å². The fourth-order valence-corrected chi connectivity index (χ4v) is 2.30. The zero-order valence-corrected chi connectivity index (χ0v) is 12.5. The Hall–Kier alpha value is -1.46. The van der Waals surface area contributed by atoms with Gasteiger partial charge in [0.1, 0.15) is 5.75 Å². The largest absolute Gasteiger partial charge is 0.465 e. The SMILES string of the molecule is Brc1cnc(-c2ccc(OC3CCCCO3)cc2)nc1. The van der Waals surface area contributed by atoms with Crippen molar-refractivity contribution in [3.8, 4) is 17.1 Å². The van der Waals surface area contributed by atoms with Crippen molar-refractivity contribution < 1.29 is 9.47 Å². The van der Waals surface area contributed by atoms with Gasteiger partial charge in [0.2, 0.25) is 0 Å². The maximum absolute atomic E-state index is 5.79. The molecule has 20 heavy (non-hydrogen) atoms. The van der Waals surface area contributed by atoms with Gasteiger partial charge in [-0.05, 0) is 53.0 Å². The molecule has 4 nitrogen and oxygen atoms in total. The highest BCUT2D eigenvalue weighted by Crippen LogP contribution is 2.23. The van der Waals surface area contributed by atoms with Crippen LogP contribution in [0, 0.1) is 0 Å². The molecule has 1 aromatic carbocycles. The quantitative estimate of drug-likeness (QED) is 0.856. The lowest BCUT2D eigenvalue weighted by Crippen LogP contribution is -2.24. The van der Waals surface area contributed by atoms with Crippen LogP contribution >= 0.6 is 15.9 Å². The van der Waals surface area contributed by atoms with E-state index in [0.717, 1.165) is 41.7 Å². The summed E-state index contributed by atoms with van der Waals surface area (Å²) >= 11 is 3.33. The van der Waals surface area contributed by atoms with Crippen LogP contribution in [0.4, 0.5) is 0 Å². The van der Waals surface area contributed by atoms with Gasteiger partial charge in [-0.15, -0.1) is 0 Å². The first kappa shape index (κ1) is 13.5. The van der Waals surface area contributed by atoms with Gasteiger partial charge in [-0.2, -0.15) is 0 Å². The molecule has 1 unspecified atom stereocenters. The van der Waals surface area contributed by atoms with Crippen LogP contribution in [-0.4, -0.2) is 22.9 Å². The van der Waals surface area contributed by atoms with Crippen LogP contribution in [0.1, 0.15) is 19.3 Å². The lowest BCUT2D eigenvalue weighted by molar-refractivity contribution is -0.105. The molecular formula is C15H15BrN2O2. The second-order valence-corrected chi connectivity index (χ2v) is 5.58. The molecule has 3 rings (SSSR count). The van der Waals surface area contributed by atoms with E-state index in [1.54, 1.807) is 12.4 Å². The first-order valence-electron chi connectivity index (χ1n) is 6.67. The van der Waals surface area contributed by atoms with E-state index in [9.17, 15) is 0 Å². The summed E-state index contributed by atoms with van der Waals surface area (Å²) in [5.74, 6) is 1.52. The highest BCUT2D eigenvalue weighted by atomic mass is 79.9. The Balaban J connectivity index is 1.69. The summed E-state index contributed by atoms with van der Waals surface area (Å²) in [5.41, 5.74) is 0.967. The van der Waals surface area contributed by atoms with Gasteiger partial charge < -0.3 is 9.47 Å². The van der Waals surface area contributed by atoms with Gasteiger partial charge in [0.05, 0.1) is 11.1 Å². The minimum atomic E-state index is -0.112. The van der Waals surface area contributed by atoms with Gasteiger partial charge in [0.15, 0.2) is 12.1 Å². The molecule has 2 heterocycles. The van der Waals surface area contributed by atoms with Gasteiger partial charge in [0.25, 0.3) is 0 Å². The third-order valence-electron chi connectivity index (χ3n) is 3.14. The van der Waals surface area contributed by atoms with Crippen molar-refractivity contribution in [3.05, 3.63) is 41.1 Å². The molecule has 104 valence electrons. The maximum atomic E-state index is 5.79. The Labute approximate surface area is 126 Å². The molecule has 1 aliphatic heterocycles. The van der Waals surface area contributed by atoms with Crippen molar-refractivity contribution in [1.82, 2.24) is 9.97 Å². The van der Waals surface area contributed by atoms with E-state index in [1.807, 2.05) is 24.3 Å². The van der Waals surface area contributed by atoms with Crippen LogP contribution in [0.3, 0.4) is 0 Å². The topological polar surface area (TPSA) is 44.2 Å². The molecule has 1 aliphatic rings. The van der Waals surface area contributed by atoms with E-state index in [2.05, 4.69) is 25.9 Å². The van der Waals surface area contributed by atoms with Gasteiger partial charge in [-0.25, -0.2) is 9.97 Å². The fourth-order valence-electron chi connectivity index (χ4n) is 2.10. The summed E-state index contributed by atoms with van der Waals surface area (Å²) in [5, 5.41) is 0. The second-order valence-electron chi connectivity index (χ2n) is 4.66. The van der Waals surface area contributed by atoms with Crippen molar-refractivity contribution in [3.63, 3.8) is 0 Å². The summed E-state index contributed by atoms with van der Waals surface area (Å²) in [7, 11) is 0. The highest BCUT2D eigenvalue weighted by Gasteiger charge is 2.15. The molecule has 0 spiro atoms. The first-order chi connectivity index (χ1) is 9.81. The summed E-state index contributed by atoms with van der Waals surface area (Å²) in [6.45, 7) is 0.787. The fraction of sp³-hybridized carbons (Fsp3) is 0.333. The Morgan fingerprint density at radius 2 is 1.85 bits per heavy atom. The zero-order chi connectivity index (χ0) is 13.8. The summed E-state index contributed by atoms with van der Waals surface area (Å²) in [6, 6.07) is 7.78. The average molecular weight is 335 g/mol. The molecule has 1 fully saturated rings. The molecule has 0 radical (unpaired) electrons. The number of aromatic nitrogens is 2. The third-order valence-corrected chi connectivity index (χ3v) is 3.55. The summed E-state index contributed by atoms with van der Waals surface area (Å²) < 4.78 is 12.2. The van der Waals surface area contributed by atoms with Gasteiger partial charge >= 0.3 is 0 Å². The zero-order valence-electron chi connectivity index (χ0n) is 11.0. The molecule has 0 saturated carbocycles. The molecule has 0 aliphatic carbocycles.